The van der Waals surface area contributed by atoms with Crippen LogP contribution >= 0.6 is 11.6 Å². The number of nitrogens with zero attached hydrogens (tertiary/aromatic N) is 2. The number of aromatic nitrogens is 2. The van der Waals surface area contributed by atoms with Gasteiger partial charge in [-0.15, -0.1) is 0 Å². The Bertz CT molecular complexity index is 374. The van der Waals surface area contributed by atoms with Crippen LogP contribution < -0.4 is 0 Å². The van der Waals surface area contributed by atoms with Gasteiger partial charge in [-0.3, -0.25) is 0 Å². The predicted octanol–water partition coefficient (Wildman–Crippen LogP) is 1.31. The monoisotopic (exact) mass is 220 g/mol. The van der Waals surface area contributed by atoms with E-state index >= 15 is 0 Å². The molecule has 0 aliphatic heterocycles. The lowest BCUT2D eigenvalue weighted by atomic mass is 10.6. The van der Waals surface area contributed by atoms with E-state index in [9.17, 15) is 8.42 Å². The summed E-state index contributed by atoms with van der Waals surface area (Å²) in [6, 6.07) is 0. The minimum atomic E-state index is -3.31. The molecule has 0 fully saturated rings. The second-order valence-electron chi connectivity index (χ2n) is 2.50. The van der Waals surface area contributed by atoms with Crippen LogP contribution in [-0.2, 0) is 9.84 Å². The Hall–Kier alpha value is -0.680. The summed E-state index contributed by atoms with van der Waals surface area (Å²) in [6.07, 6.45) is 3.10. The molecule has 72 valence electrons. The van der Waals surface area contributed by atoms with E-state index < -0.39 is 9.84 Å². The van der Waals surface area contributed by atoms with E-state index in [-0.39, 0.29) is 10.9 Å². The van der Waals surface area contributed by atoms with E-state index in [1.807, 2.05) is 0 Å². The molecule has 0 aliphatic carbocycles. The van der Waals surface area contributed by atoms with Gasteiger partial charge in [-0.1, -0.05) is 18.5 Å². The SMILES string of the molecule is CCCS(=O)(=O)c1ncc(Cl)cn1. The Balaban J connectivity index is 3.02. The molecule has 0 aromatic carbocycles. The van der Waals surface area contributed by atoms with Crippen LogP contribution in [0.2, 0.25) is 5.02 Å². The van der Waals surface area contributed by atoms with Crippen molar-refractivity contribution in [2.45, 2.75) is 18.5 Å². The van der Waals surface area contributed by atoms with Crippen LogP contribution in [0.5, 0.6) is 0 Å². The van der Waals surface area contributed by atoms with Gasteiger partial charge in [0.25, 0.3) is 0 Å². The zero-order valence-corrected chi connectivity index (χ0v) is 8.64. The van der Waals surface area contributed by atoms with Crippen LogP contribution in [0, 0.1) is 0 Å². The molecule has 1 aromatic rings. The number of hydrogen-bond acceptors (Lipinski definition) is 4. The van der Waals surface area contributed by atoms with Gasteiger partial charge in [0.05, 0.1) is 23.2 Å². The molecule has 4 nitrogen and oxygen atoms in total. The second kappa shape index (κ2) is 4.02. The number of halogens is 1. The van der Waals surface area contributed by atoms with E-state index in [1.165, 1.54) is 12.4 Å². The fourth-order valence-electron chi connectivity index (χ4n) is 0.821. The largest absolute Gasteiger partial charge is 0.247 e. The van der Waals surface area contributed by atoms with Gasteiger partial charge in [0.2, 0.25) is 15.0 Å². The molecule has 1 aromatic heterocycles. The Kier molecular flexibility index (Phi) is 3.22. The lowest BCUT2D eigenvalue weighted by Gasteiger charge is -1.99. The van der Waals surface area contributed by atoms with Crippen molar-refractivity contribution >= 4 is 21.4 Å². The average molecular weight is 221 g/mol. The van der Waals surface area contributed by atoms with Crippen LogP contribution in [0.4, 0.5) is 0 Å². The van der Waals surface area contributed by atoms with Crippen molar-refractivity contribution in [2.24, 2.45) is 0 Å². The lowest BCUT2D eigenvalue weighted by molar-refractivity contribution is 0.585. The first-order valence-corrected chi connectivity index (χ1v) is 5.79. The molecular formula is C7H9ClN2O2S. The number of rotatable bonds is 3. The summed E-state index contributed by atoms with van der Waals surface area (Å²) in [5.74, 6) is 0.0641. The smallest absolute Gasteiger partial charge is 0.225 e. The summed E-state index contributed by atoms with van der Waals surface area (Å²) in [7, 11) is -3.31. The highest BCUT2D eigenvalue weighted by atomic mass is 35.5. The maximum Gasteiger partial charge on any atom is 0.247 e. The third-order valence-electron chi connectivity index (χ3n) is 1.35. The Morgan fingerprint density at radius 3 is 2.38 bits per heavy atom. The van der Waals surface area contributed by atoms with E-state index in [2.05, 4.69) is 9.97 Å². The maximum absolute atomic E-state index is 11.4. The molecule has 6 heteroatoms. The highest BCUT2D eigenvalue weighted by Gasteiger charge is 2.15. The average Bonchev–Trinajstić information content (AvgIpc) is 2.05. The van der Waals surface area contributed by atoms with Gasteiger partial charge in [-0.05, 0) is 6.42 Å². The summed E-state index contributed by atoms with van der Waals surface area (Å²) >= 11 is 5.52. The first-order chi connectivity index (χ1) is 6.06. The van der Waals surface area contributed by atoms with Crippen molar-refractivity contribution in [2.75, 3.05) is 5.75 Å². The molecule has 0 bridgehead atoms. The Labute approximate surface area is 81.9 Å². The molecule has 0 N–H and O–H groups in total. The molecule has 0 atom stereocenters. The van der Waals surface area contributed by atoms with Crippen molar-refractivity contribution in [3.63, 3.8) is 0 Å². The second-order valence-corrected chi connectivity index (χ2v) is 4.94. The normalized spacial score (nSPS) is 11.5. The minimum Gasteiger partial charge on any atom is -0.225 e. The van der Waals surface area contributed by atoms with Crippen LogP contribution in [0.15, 0.2) is 17.6 Å². The van der Waals surface area contributed by atoms with Crippen molar-refractivity contribution < 1.29 is 8.42 Å². The van der Waals surface area contributed by atoms with Crippen LogP contribution in [-0.4, -0.2) is 24.1 Å². The summed E-state index contributed by atoms with van der Waals surface area (Å²) in [5.41, 5.74) is 0. The van der Waals surface area contributed by atoms with Crippen molar-refractivity contribution in [1.29, 1.82) is 0 Å². The summed E-state index contributed by atoms with van der Waals surface area (Å²) in [4.78, 5) is 7.28. The summed E-state index contributed by atoms with van der Waals surface area (Å²) in [5, 5.41) is 0.175. The van der Waals surface area contributed by atoms with Crippen LogP contribution in [0.3, 0.4) is 0 Å². The van der Waals surface area contributed by atoms with Gasteiger partial charge in [0, 0.05) is 0 Å². The molecule has 0 spiro atoms. The fraction of sp³-hybridized carbons (Fsp3) is 0.429. The molecule has 0 aliphatic rings. The number of hydrogen-bond donors (Lipinski definition) is 0. The van der Waals surface area contributed by atoms with Gasteiger partial charge in [-0.2, -0.15) is 0 Å². The molecule has 13 heavy (non-hydrogen) atoms. The molecule has 1 heterocycles. The van der Waals surface area contributed by atoms with E-state index in [1.54, 1.807) is 6.92 Å². The van der Waals surface area contributed by atoms with E-state index in [0.717, 1.165) is 0 Å². The quantitative estimate of drug-likeness (QED) is 0.721. The minimum absolute atomic E-state index is 0.0641. The number of sulfone groups is 1. The van der Waals surface area contributed by atoms with Gasteiger partial charge < -0.3 is 0 Å². The molecule has 0 saturated heterocycles. The third-order valence-corrected chi connectivity index (χ3v) is 3.26. The van der Waals surface area contributed by atoms with Gasteiger partial charge >= 0.3 is 0 Å². The van der Waals surface area contributed by atoms with Gasteiger partial charge in [0.15, 0.2) is 0 Å². The Morgan fingerprint density at radius 1 is 1.38 bits per heavy atom. The fourth-order valence-corrected chi connectivity index (χ4v) is 2.07. The Morgan fingerprint density at radius 2 is 1.92 bits per heavy atom. The third kappa shape index (κ3) is 2.63. The van der Waals surface area contributed by atoms with E-state index in [4.69, 9.17) is 11.6 Å². The van der Waals surface area contributed by atoms with Gasteiger partial charge in [-0.25, -0.2) is 18.4 Å². The zero-order valence-electron chi connectivity index (χ0n) is 7.07. The van der Waals surface area contributed by atoms with Crippen molar-refractivity contribution in [3.8, 4) is 0 Å². The maximum atomic E-state index is 11.4. The zero-order chi connectivity index (χ0) is 9.90. The van der Waals surface area contributed by atoms with E-state index in [0.29, 0.717) is 11.4 Å². The van der Waals surface area contributed by atoms with Crippen LogP contribution in [0.25, 0.3) is 0 Å². The first kappa shape index (κ1) is 10.4. The standard InChI is InChI=1S/C7H9ClN2O2S/c1-2-3-13(11,12)7-9-4-6(8)5-10-7/h4-5H,2-3H2,1H3. The highest BCUT2D eigenvalue weighted by Crippen LogP contribution is 2.08. The van der Waals surface area contributed by atoms with Crippen molar-refractivity contribution in [1.82, 2.24) is 9.97 Å². The lowest BCUT2D eigenvalue weighted by Crippen LogP contribution is -2.09. The molecular weight excluding hydrogens is 212 g/mol. The van der Waals surface area contributed by atoms with Gasteiger partial charge in [0.1, 0.15) is 0 Å². The highest BCUT2D eigenvalue weighted by molar-refractivity contribution is 7.91. The van der Waals surface area contributed by atoms with Crippen molar-refractivity contribution in [3.05, 3.63) is 17.4 Å². The molecule has 0 saturated carbocycles. The first-order valence-electron chi connectivity index (χ1n) is 3.76. The molecule has 1 rings (SSSR count). The topological polar surface area (TPSA) is 59.9 Å². The summed E-state index contributed by atoms with van der Waals surface area (Å²) < 4.78 is 22.8. The van der Waals surface area contributed by atoms with Crippen LogP contribution in [0.1, 0.15) is 13.3 Å². The predicted molar refractivity (Wildman–Crippen MR) is 49.4 cm³/mol. The molecule has 0 amide bonds. The molecule has 0 unspecified atom stereocenters. The molecule has 0 radical (unpaired) electrons. The summed E-state index contributed by atoms with van der Waals surface area (Å²) in [6.45, 7) is 1.79.